The SMILES string of the molecule is CCC1=CC(n2nc(C(N)=O)c3cc(OC)ncc32)=CCC1C. The molecule has 0 bridgehead atoms. The number of hydrogen-bond donors (Lipinski definition) is 1. The minimum Gasteiger partial charge on any atom is -0.481 e. The molecule has 1 unspecified atom stereocenters. The van der Waals surface area contributed by atoms with E-state index in [4.69, 9.17) is 10.5 Å². The van der Waals surface area contributed by atoms with Crippen molar-refractivity contribution < 1.29 is 9.53 Å². The fourth-order valence-corrected chi connectivity index (χ4v) is 2.92. The molecule has 120 valence electrons. The van der Waals surface area contributed by atoms with Crippen LogP contribution in [0.1, 0.15) is 37.2 Å². The van der Waals surface area contributed by atoms with Gasteiger partial charge >= 0.3 is 0 Å². The molecular weight excluding hydrogens is 292 g/mol. The second-order valence-electron chi connectivity index (χ2n) is 5.71. The predicted octanol–water partition coefficient (Wildman–Crippen LogP) is 2.76. The average molecular weight is 312 g/mol. The molecular formula is C17H20N4O2. The van der Waals surface area contributed by atoms with E-state index in [0.29, 0.717) is 17.2 Å². The molecule has 0 spiro atoms. The topological polar surface area (TPSA) is 83.0 Å². The number of carbonyl (C=O) groups excluding carboxylic acids is 1. The quantitative estimate of drug-likeness (QED) is 0.941. The Morgan fingerprint density at radius 1 is 1.52 bits per heavy atom. The molecule has 0 aromatic carbocycles. The predicted molar refractivity (Wildman–Crippen MR) is 89.0 cm³/mol. The molecule has 1 amide bonds. The molecule has 2 aromatic rings. The molecule has 3 rings (SSSR count). The van der Waals surface area contributed by atoms with E-state index < -0.39 is 5.91 Å². The highest BCUT2D eigenvalue weighted by atomic mass is 16.5. The van der Waals surface area contributed by atoms with Crippen LogP contribution in [0.25, 0.3) is 16.6 Å². The summed E-state index contributed by atoms with van der Waals surface area (Å²) in [6, 6.07) is 1.69. The minimum absolute atomic E-state index is 0.228. The molecule has 1 aliphatic carbocycles. The van der Waals surface area contributed by atoms with Gasteiger partial charge in [0, 0.05) is 11.5 Å². The smallest absolute Gasteiger partial charge is 0.269 e. The lowest BCUT2D eigenvalue weighted by Gasteiger charge is -2.19. The van der Waals surface area contributed by atoms with Crippen molar-refractivity contribution in [1.29, 1.82) is 0 Å². The van der Waals surface area contributed by atoms with Crippen LogP contribution in [-0.4, -0.2) is 27.8 Å². The first-order valence-electron chi connectivity index (χ1n) is 7.68. The lowest BCUT2D eigenvalue weighted by molar-refractivity contribution is 0.0996. The number of aromatic nitrogens is 3. The van der Waals surface area contributed by atoms with Crippen molar-refractivity contribution in [2.45, 2.75) is 26.7 Å². The lowest BCUT2D eigenvalue weighted by atomic mass is 9.90. The first-order valence-corrected chi connectivity index (χ1v) is 7.68. The number of ether oxygens (including phenoxy) is 1. The highest BCUT2D eigenvalue weighted by Gasteiger charge is 2.20. The number of rotatable bonds is 4. The standard InChI is InChI=1S/C17H20N4O2/c1-4-11-7-12(6-5-10(11)2)21-14-9-19-15(23-3)8-13(14)16(20-21)17(18)22/h6-10H,4-5H2,1-3H3,(H2,18,22). The summed E-state index contributed by atoms with van der Waals surface area (Å²) in [5.74, 6) is 0.390. The number of carbonyl (C=O) groups is 1. The average Bonchev–Trinajstić information content (AvgIpc) is 2.94. The molecule has 2 heterocycles. The van der Waals surface area contributed by atoms with Crippen LogP contribution in [0.2, 0.25) is 0 Å². The van der Waals surface area contributed by atoms with Gasteiger partial charge in [-0.15, -0.1) is 0 Å². The molecule has 0 radical (unpaired) electrons. The van der Waals surface area contributed by atoms with Crippen molar-refractivity contribution in [3.63, 3.8) is 0 Å². The summed E-state index contributed by atoms with van der Waals surface area (Å²) in [5.41, 5.74) is 8.77. The Bertz CT molecular complexity index is 832. The third-order valence-electron chi connectivity index (χ3n) is 4.28. The molecule has 0 fully saturated rings. The van der Waals surface area contributed by atoms with E-state index in [-0.39, 0.29) is 5.69 Å². The molecule has 1 aliphatic rings. The summed E-state index contributed by atoms with van der Waals surface area (Å²) in [5, 5.41) is 5.06. The summed E-state index contributed by atoms with van der Waals surface area (Å²) < 4.78 is 6.87. The number of fused-ring (bicyclic) bond motifs is 1. The van der Waals surface area contributed by atoms with Crippen LogP contribution in [0, 0.1) is 5.92 Å². The number of pyridine rings is 1. The summed E-state index contributed by atoms with van der Waals surface area (Å²) in [7, 11) is 1.53. The number of methoxy groups -OCH3 is 1. The van der Waals surface area contributed by atoms with Gasteiger partial charge in [0.1, 0.15) is 0 Å². The number of primary amides is 1. The Hall–Kier alpha value is -2.63. The Morgan fingerprint density at radius 2 is 2.30 bits per heavy atom. The maximum atomic E-state index is 11.7. The van der Waals surface area contributed by atoms with E-state index in [2.05, 4.69) is 36.1 Å². The molecule has 23 heavy (non-hydrogen) atoms. The Balaban J connectivity index is 2.19. The van der Waals surface area contributed by atoms with Gasteiger partial charge in [0.25, 0.3) is 5.91 Å². The zero-order valence-electron chi connectivity index (χ0n) is 13.5. The van der Waals surface area contributed by atoms with Crippen LogP contribution in [-0.2, 0) is 0 Å². The van der Waals surface area contributed by atoms with Crippen molar-refractivity contribution >= 4 is 22.5 Å². The largest absolute Gasteiger partial charge is 0.481 e. The maximum absolute atomic E-state index is 11.7. The fourth-order valence-electron chi connectivity index (χ4n) is 2.92. The van der Waals surface area contributed by atoms with Gasteiger partial charge in [0.05, 0.1) is 24.5 Å². The van der Waals surface area contributed by atoms with E-state index in [1.807, 2.05) is 0 Å². The fraction of sp³-hybridized carbons (Fsp3) is 0.353. The number of allylic oxidation sites excluding steroid dienone is 4. The van der Waals surface area contributed by atoms with Crippen molar-refractivity contribution in [2.24, 2.45) is 11.7 Å². The van der Waals surface area contributed by atoms with E-state index in [1.54, 1.807) is 16.9 Å². The Kier molecular flexibility index (Phi) is 3.90. The number of nitrogens with zero attached hydrogens (tertiary/aromatic N) is 3. The van der Waals surface area contributed by atoms with Crippen LogP contribution in [0.15, 0.2) is 30.0 Å². The third kappa shape index (κ3) is 2.60. The number of hydrogen-bond acceptors (Lipinski definition) is 4. The van der Waals surface area contributed by atoms with Gasteiger partial charge in [0.15, 0.2) is 5.69 Å². The molecule has 6 nitrogen and oxygen atoms in total. The Morgan fingerprint density at radius 3 is 2.96 bits per heavy atom. The second-order valence-corrected chi connectivity index (χ2v) is 5.71. The van der Waals surface area contributed by atoms with Crippen molar-refractivity contribution in [3.8, 4) is 5.88 Å². The van der Waals surface area contributed by atoms with Crippen molar-refractivity contribution in [2.75, 3.05) is 7.11 Å². The van der Waals surface area contributed by atoms with Gasteiger partial charge < -0.3 is 10.5 Å². The summed E-state index contributed by atoms with van der Waals surface area (Å²) in [6.45, 7) is 4.36. The van der Waals surface area contributed by atoms with E-state index in [9.17, 15) is 4.79 Å². The molecule has 6 heteroatoms. The monoisotopic (exact) mass is 312 g/mol. The van der Waals surface area contributed by atoms with Crippen molar-refractivity contribution in [1.82, 2.24) is 14.8 Å². The summed E-state index contributed by atoms with van der Waals surface area (Å²) >= 11 is 0. The first kappa shape index (κ1) is 15.3. The molecule has 1 atom stereocenters. The van der Waals surface area contributed by atoms with E-state index in [0.717, 1.165) is 24.1 Å². The second kappa shape index (κ2) is 5.87. The lowest BCUT2D eigenvalue weighted by Crippen LogP contribution is -2.13. The summed E-state index contributed by atoms with van der Waals surface area (Å²) in [6.07, 6.45) is 7.87. The van der Waals surface area contributed by atoms with Gasteiger partial charge in [-0.05, 0) is 24.8 Å². The molecule has 2 N–H and O–H groups in total. The van der Waals surface area contributed by atoms with Crippen LogP contribution >= 0.6 is 0 Å². The maximum Gasteiger partial charge on any atom is 0.269 e. The van der Waals surface area contributed by atoms with Crippen LogP contribution < -0.4 is 10.5 Å². The number of nitrogens with two attached hydrogens (primary N) is 1. The van der Waals surface area contributed by atoms with Gasteiger partial charge in [-0.25, -0.2) is 9.67 Å². The highest BCUT2D eigenvalue weighted by molar-refractivity contribution is 6.05. The van der Waals surface area contributed by atoms with Gasteiger partial charge in [-0.3, -0.25) is 4.79 Å². The first-order chi connectivity index (χ1) is 11.0. The normalized spacial score (nSPS) is 17.8. The van der Waals surface area contributed by atoms with Crippen LogP contribution in [0.3, 0.4) is 0 Å². The van der Waals surface area contributed by atoms with Gasteiger partial charge in [-0.1, -0.05) is 25.5 Å². The molecule has 0 saturated heterocycles. The van der Waals surface area contributed by atoms with E-state index in [1.165, 1.54) is 12.7 Å². The Labute approximate surface area is 134 Å². The zero-order valence-corrected chi connectivity index (χ0v) is 13.5. The van der Waals surface area contributed by atoms with Crippen LogP contribution in [0.5, 0.6) is 5.88 Å². The van der Waals surface area contributed by atoms with Gasteiger partial charge in [0.2, 0.25) is 5.88 Å². The minimum atomic E-state index is -0.563. The van der Waals surface area contributed by atoms with Crippen molar-refractivity contribution in [3.05, 3.63) is 35.7 Å². The van der Waals surface area contributed by atoms with Crippen LogP contribution in [0.4, 0.5) is 0 Å². The summed E-state index contributed by atoms with van der Waals surface area (Å²) in [4.78, 5) is 16.0. The van der Waals surface area contributed by atoms with Gasteiger partial charge in [-0.2, -0.15) is 5.10 Å². The highest BCUT2D eigenvalue weighted by Crippen LogP contribution is 2.31. The number of amides is 1. The third-order valence-corrected chi connectivity index (χ3v) is 4.28. The molecule has 0 aliphatic heterocycles. The molecule has 2 aromatic heterocycles. The van der Waals surface area contributed by atoms with E-state index >= 15 is 0 Å². The zero-order chi connectivity index (χ0) is 16.6. The molecule has 0 saturated carbocycles.